The van der Waals surface area contributed by atoms with Crippen molar-refractivity contribution in [3.63, 3.8) is 0 Å². The normalized spacial score (nSPS) is 20.0. The number of halogens is 2. The molecule has 0 N–H and O–H groups in total. The molecule has 2 aromatic rings. The Hall–Kier alpha value is -1.72. The van der Waals surface area contributed by atoms with E-state index < -0.39 is 5.82 Å². The van der Waals surface area contributed by atoms with Gasteiger partial charge in [-0.15, -0.1) is 0 Å². The molecular weight excluding hydrogens is 359 g/mol. The van der Waals surface area contributed by atoms with E-state index in [9.17, 15) is 4.39 Å². The molecule has 0 saturated carbocycles. The van der Waals surface area contributed by atoms with E-state index in [-0.39, 0.29) is 5.02 Å². The molecule has 0 bridgehead atoms. The van der Waals surface area contributed by atoms with E-state index in [4.69, 9.17) is 20.7 Å². The summed E-state index contributed by atoms with van der Waals surface area (Å²) >= 11 is 7.46. The molecule has 0 aromatic heterocycles. The molecule has 3 nitrogen and oxygen atoms in total. The third-order valence-electron chi connectivity index (χ3n) is 4.58. The molecule has 1 fully saturated rings. The molecule has 1 saturated heterocycles. The van der Waals surface area contributed by atoms with E-state index in [2.05, 4.69) is 17.0 Å². The van der Waals surface area contributed by atoms with Gasteiger partial charge < -0.3 is 9.64 Å². The van der Waals surface area contributed by atoms with E-state index in [0.717, 1.165) is 25.3 Å². The Morgan fingerprint density at radius 3 is 2.72 bits per heavy atom. The number of hydrogen-bond donors (Lipinski definition) is 0. The molecule has 0 aliphatic carbocycles. The van der Waals surface area contributed by atoms with Gasteiger partial charge >= 0.3 is 0 Å². The van der Waals surface area contributed by atoms with Crippen LogP contribution in [0.5, 0.6) is 11.5 Å². The van der Waals surface area contributed by atoms with Crippen LogP contribution in [0.25, 0.3) is 0 Å². The average molecular weight is 377 g/mol. The van der Waals surface area contributed by atoms with Gasteiger partial charge in [-0.3, -0.25) is 0 Å². The fourth-order valence-electron chi connectivity index (χ4n) is 3.32. The summed E-state index contributed by atoms with van der Waals surface area (Å²) in [6.45, 7) is 2.20. The van der Waals surface area contributed by atoms with Crippen LogP contribution < -0.4 is 4.74 Å². The molecule has 1 unspecified atom stereocenters. The summed E-state index contributed by atoms with van der Waals surface area (Å²) in [5, 5.41) is 0.0595. The van der Waals surface area contributed by atoms with Gasteiger partial charge in [0.15, 0.2) is 0 Å². The molecule has 130 valence electrons. The maximum Gasteiger partial charge on any atom is 0.142 e. The third kappa shape index (κ3) is 3.62. The van der Waals surface area contributed by atoms with Crippen molar-refractivity contribution in [3.8, 4) is 11.5 Å². The Kier molecular flexibility index (Phi) is 4.86. The van der Waals surface area contributed by atoms with Crippen LogP contribution in [0.1, 0.15) is 24.3 Å². The molecule has 2 heterocycles. The molecule has 6 heteroatoms. The molecule has 4 rings (SSSR count). The Bertz CT molecular complexity index is 797. The van der Waals surface area contributed by atoms with E-state index in [1.165, 1.54) is 30.0 Å². The minimum absolute atomic E-state index is 0.0595. The zero-order chi connectivity index (χ0) is 17.2. The highest BCUT2D eigenvalue weighted by Crippen LogP contribution is 2.34. The van der Waals surface area contributed by atoms with Gasteiger partial charge in [-0.05, 0) is 54.6 Å². The lowest BCUT2D eigenvalue weighted by molar-refractivity contribution is 0.371. The van der Waals surface area contributed by atoms with Crippen molar-refractivity contribution in [2.24, 2.45) is 4.40 Å². The lowest BCUT2D eigenvalue weighted by atomic mass is 9.89. The molecule has 25 heavy (non-hydrogen) atoms. The van der Waals surface area contributed by atoms with Gasteiger partial charge in [0.25, 0.3) is 0 Å². The van der Waals surface area contributed by atoms with Crippen molar-refractivity contribution in [3.05, 3.63) is 58.9 Å². The SMILES string of the molecule is Fc1ccc(Oc2ccc(C3CCCN4CCSN=C34)cc2)cc1Cl. The molecule has 0 radical (unpaired) electrons. The van der Waals surface area contributed by atoms with Gasteiger partial charge in [0.1, 0.15) is 23.2 Å². The highest BCUT2D eigenvalue weighted by atomic mass is 35.5. The van der Waals surface area contributed by atoms with Crippen LogP contribution in [-0.4, -0.2) is 29.6 Å². The second kappa shape index (κ2) is 7.26. The standard InChI is InChI=1S/C19H18ClFN2OS/c20-17-12-15(7-8-18(17)21)24-14-5-3-13(4-6-14)16-2-1-9-23-10-11-25-22-19(16)23/h3-8,12,16H,1-2,9-11H2. The summed E-state index contributed by atoms with van der Waals surface area (Å²) < 4.78 is 23.7. The second-order valence-electron chi connectivity index (χ2n) is 6.21. The Morgan fingerprint density at radius 1 is 1.12 bits per heavy atom. The van der Waals surface area contributed by atoms with Gasteiger partial charge in [-0.1, -0.05) is 23.7 Å². The number of ether oxygens (including phenoxy) is 1. The predicted octanol–water partition coefficient (Wildman–Crippen LogP) is 5.51. The van der Waals surface area contributed by atoms with Crippen molar-refractivity contribution in [2.45, 2.75) is 18.8 Å². The zero-order valence-corrected chi connectivity index (χ0v) is 15.2. The molecular formula is C19H18ClFN2OS. The van der Waals surface area contributed by atoms with E-state index in [1.807, 2.05) is 12.1 Å². The van der Waals surface area contributed by atoms with Crippen LogP contribution in [0.3, 0.4) is 0 Å². The zero-order valence-electron chi connectivity index (χ0n) is 13.6. The van der Waals surface area contributed by atoms with Crippen LogP contribution in [0.2, 0.25) is 5.02 Å². The fourth-order valence-corrected chi connectivity index (χ4v) is 4.26. The van der Waals surface area contributed by atoms with Crippen LogP contribution >= 0.6 is 23.5 Å². The van der Waals surface area contributed by atoms with Crippen LogP contribution in [0, 0.1) is 5.82 Å². The highest BCUT2D eigenvalue weighted by Gasteiger charge is 2.29. The maximum absolute atomic E-state index is 13.2. The molecule has 1 atom stereocenters. The van der Waals surface area contributed by atoms with Crippen molar-refractivity contribution >= 4 is 29.4 Å². The average Bonchev–Trinajstić information content (AvgIpc) is 2.65. The molecule has 2 aromatic carbocycles. The summed E-state index contributed by atoms with van der Waals surface area (Å²) in [4.78, 5) is 2.41. The number of piperidine rings is 1. The largest absolute Gasteiger partial charge is 0.457 e. The Morgan fingerprint density at radius 2 is 1.92 bits per heavy atom. The Labute approximate surface area is 156 Å². The number of rotatable bonds is 3. The summed E-state index contributed by atoms with van der Waals surface area (Å²) in [5.41, 5.74) is 1.26. The van der Waals surface area contributed by atoms with Crippen molar-refractivity contribution < 1.29 is 9.13 Å². The van der Waals surface area contributed by atoms with Crippen LogP contribution in [-0.2, 0) is 0 Å². The van der Waals surface area contributed by atoms with E-state index in [1.54, 1.807) is 18.0 Å². The number of amidine groups is 1. The first kappa shape index (κ1) is 16.7. The van der Waals surface area contributed by atoms with Crippen molar-refractivity contribution in [2.75, 3.05) is 18.8 Å². The van der Waals surface area contributed by atoms with Gasteiger partial charge in [-0.2, -0.15) is 0 Å². The van der Waals surface area contributed by atoms with Gasteiger partial charge in [0.2, 0.25) is 0 Å². The van der Waals surface area contributed by atoms with Crippen LogP contribution in [0.15, 0.2) is 46.9 Å². The topological polar surface area (TPSA) is 24.8 Å². The second-order valence-corrected chi connectivity index (χ2v) is 7.47. The first-order valence-corrected chi connectivity index (χ1v) is 9.70. The minimum Gasteiger partial charge on any atom is -0.457 e. The monoisotopic (exact) mass is 376 g/mol. The summed E-state index contributed by atoms with van der Waals surface area (Å²) in [6.07, 6.45) is 2.32. The quantitative estimate of drug-likeness (QED) is 0.660. The first-order chi connectivity index (χ1) is 12.2. The fraction of sp³-hybridized carbons (Fsp3) is 0.316. The number of benzene rings is 2. The molecule has 0 spiro atoms. The van der Waals surface area contributed by atoms with E-state index in [0.29, 0.717) is 17.4 Å². The smallest absolute Gasteiger partial charge is 0.142 e. The number of hydrogen-bond acceptors (Lipinski definition) is 4. The minimum atomic E-state index is -0.447. The van der Waals surface area contributed by atoms with Gasteiger partial charge in [0.05, 0.1) is 5.02 Å². The summed E-state index contributed by atoms with van der Waals surface area (Å²) in [7, 11) is 0. The maximum atomic E-state index is 13.2. The summed E-state index contributed by atoms with van der Waals surface area (Å²) in [6, 6.07) is 12.4. The lowest BCUT2D eigenvalue weighted by Crippen LogP contribution is -2.42. The lowest BCUT2D eigenvalue weighted by Gasteiger charge is -2.37. The molecule has 0 amide bonds. The van der Waals surface area contributed by atoms with Gasteiger partial charge in [-0.25, -0.2) is 8.79 Å². The first-order valence-electron chi connectivity index (χ1n) is 8.38. The van der Waals surface area contributed by atoms with Crippen molar-refractivity contribution in [1.82, 2.24) is 4.90 Å². The summed E-state index contributed by atoms with van der Waals surface area (Å²) in [5.74, 6) is 3.42. The van der Waals surface area contributed by atoms with Crippen LogP contribution in [0.4, 0.5) is 4.39 Å². The van der Waals surface area contributed by atoms with E-state index >= 15 is 0 Å². The predicted molar refractivity (Wildman–Crippen MR) is 101 cm³/mol. The molecule has 2 aliphatic rings. The number of fused-ring (bicyclic) bond motifs is 1. The Balaban J connectivity index is 1.51. The highest BCUT2D eigenvalue weighted by molar-refractivity contribution is 7.98. The third-order valence-corrected chi connectivity index (χ3v) is 5.55. The van der Waals surface area contributed by atoms with Crippen molar-refractivity contribution in [1.29, 1.82) is 0 Å². The number of nitrogens with zero attached hydrogens (tertiary/aromatic N) is 2. The molecule has 2 aliphatic heterocycles. The van der Waals surface area contributed by atoms with Gasteiger partial charge in [0, 0.05) is 30.8 Å².